The predicted octanol–water partition coefficient (Wildman–Crippen LogP) is 2.64. The molecule has 1 heterocycles. The van der Waals surface area contributed by atoms with E-state index in [1.54, 1.807) is 0 Å². The number of anilines is 1. The number of hydrogen-bond acceptors (Lipinski definition) is 4. The lowest BCUT2D eigenvalue weighted by Crippen LogP contribution is -2.32. The van der Waals surface area contributed by atoms with Crippen molar-refractivity contribution in [1.29, 1.82) is 0 Å². The van der Waals surface area contributed by atoms with E-state index >= 15 is 0 Å². The van der Waals surface area contributed by atoms with Crippen molar-refractivity contribution in [3.63, 3.8) is 0 Å². The molecule has 1 fully saturated rings. The molecule has 1 amide bonds. The fraction of sp³-hybridized carbons (Fsp3) is 0.409. The van der Waals surface area contributed by atoms with E-state index in [1.807, 2.05) is 55.4 Å². The first-order valence-electron chi connectivity index (χ1n) is 9.55. The summed E-state index contributed by atoms with van der Waals surface area (Å²) in [7, 11) is 3.93. The standard InChI is InChI=1S/C22H29N3O2/c1-24(2)20-10-5-9-17(13-20)22(27)23-14-18-7-3-4-8-19(18)15-25-12-6-11-21(25)16-26/h3-5,7-10,13,21,26H,6,11-12,14-16H2,1-2H3,(H,23,27)/t21-/m1/s1. The average molecular weight is 367 g/mol. The quantitative estimate of drug-likeness (QED) is 0.790. The van der Waals surface area contributed by atoms with Gasteiger partial charge in [0.15, 0.2) is 0 Å². The fourth-order valence-electron chi connectivity index (χ4n) is 3.62. The van der Waals surface area contributed by atoms with Gasteiger partial charge >= 0.3 is 0 Å². The van der Waals surface area contributed by atoms with E-state index in [2.05, 4.69) is 22.3 Å². The third-order valence-corrected chi connectivity index (χ3v) is 5.27. The van der Waals surface area contributed by atoms with Crippen LogP contribution in [0.25, 0.3) is 0 Å². The van der Waals surface area contributed by atoms with Gasteiger partial charge in [-0.05, 0) is 48.7 Å². The summed E-state index contributed by atoms with van der Waals surface area (Å²) < 4.78 is 0. The number of aliphatic hydroxyl groups excluding tert-OH is 1. The Bertz CT molecular complexity index is 776. The van der Waals surface area contributed by atoms with Crippen LogP contribution in [0.1, 0.15) is 34.3 Å². The van der Waals surface area contributed by atoms with Crippen LogP contribution in [0.5, 0.6) is 0 Å². The Morgan fingerprint density at radius 3 is 2.70 bits per heavy atom. The van der Waals surface area contributed by atoms with Crippen LogP contribution in [0.2, 0.25) is 0 Å². The van der Waals surface area contributed by atoms with Crippen LogP contribution in [0.15, 0.2) is 48.5 Å². The van der Waals surface area contributed by atoms with E-state index in [0.717, 1.165) is 37.2 Å². The van der Waals surface area contributed by atoms with Gasteiger partial charge in [0.25, 0.3) is 5.91 Å². The summed E-state index contributed by atoms with van der Waals surface area (Å²) in [5.74, 6) is -0.0667. The second-order valence-electron chi connectivity index (χ2n) is 7.35. The van der Waals surface area contributed by atoms with Crippen molar-refractivity contribution in [2.75, 3.05) is 32.1 Å². The third kappa shape index (κ3) is 4.87. The Balaban J connectivity index is 1.66. The molecule has 2 N–H and O–H groups in total. The van der Waals surface area contributed by atoms with E-state index < -0.39 is 0 Å². The average Bonchev–Trinajstić information content (AvgIpc) is 3.14. The summed E-state index contributed by atoms with van der Waals surface area (Å²) >= 11 is 0. The first kappa shape index (κ1) is 19.4. The first-order valence-corrected chi connectivity index (χ1v) is 9.55. The molecule has 1 saturated heterocycles. The number of nitrogens with one attached hydrogen (secondary N) is 1. The normalized spacial score (nSPS) is 17.1. The van der Waals surface area contributed by atoms with Gasteiger partial charge in [-0.15, -0.1) is 0 Å². The summed E-state index contributed by atoms with van der Waals surface area (Å²) in [6.07, 6.45) is 2.18. The minimum atomic E-state index is -0.0667. The lowest BCUT2D eigenvalue weighted by atomic mass is 10.1. The fourth-order valence-corrected chi connectivity index (χ4v) is 3.62. The lowest BCUT2D eigenvalue weighted by molar-refractivity contribution is 0.0950. The van der Waals surface area contributed by atoms with Crippen molar-refractivity contribution in [3.05, 3.63) is 65.2 Å². The SMILES string of the molecule is CN(C)c1cccc(C(=O)NCc2ccccc2CN2CCC[C@@H]2CO)c1. The minimum absolute atomic E-state index is 0.0667. The van der Waals surface area contributed by atoms with Crippen molar-refractivity contribution in [2.24, 2.45) is 0 Å². The highest BCUT2D eigenvalue weighted by Gasteiger charge is 2.24. The number of amides is 1. The maximum atomic E-state index is 12.6. The molecule has 2 aromatic carbocycles. The molecule has 1 aliphatic rings. The predicted molar refractivity (Wildman–Crippen MR) is 109 cm³/mol. The largest absolute Gasteiger partial charge is 0.395 e. The van der Waals surface area contributed by atoms with Crippen LogP contribution in [-0.2, 0) is 13.1 Å². The van der Waals surface area contributed by atoms with E-state index in [-0.39, 0.29) is 18.6 Å². The van der Waals surface area contributed by atoms with Gasteiger partial charge in [0.05, 0.1) is 6.61 Å². The van der Waals surface area contributed by atoms with Crippen molar-refractivity contribution in [1.82, 2.24) is 10.2 Å². The Morgan fingerprint density at radius 2 is 1.96 bits per heavy atom. The molecule has 0 aliphatic carbocycles. The van der Waals surface area contributed by atoms with Gasteiger partial charge in [-0.2, -0.15) is 0 Å². The number of likely N-dealkylation sites (tertiary alicyclic amines) is 1. The maximum absolute atomic E-state index is 12.6. The summed E-state index contributed by atoms with van der Waals surface area (Å²) in [5, 5.41) is 12.6. The first-order chi connectivity index (χ1) is 13.1. The molecule has 27 heavy (non-hydrogen) atoms. The van der Waals surface area contributed by atoms with Crippen LogP contribution in [0, 0.1) is 0 Å². The summed E-state index contributed by atoms with van der Waals surface area (Å²) in [4.78, 5) is 16.9. The maximum Gasteiger partial charge on any atom is 0.251 e. The van der Waals surface area contributed by atoms with Crippen molar-refractivity contribution in [3.8, 4) is 0 Å². The number of rotatable bonds is 7. The van der Waals surface area contributed by atoms with Gasteiger partial charge in [0.2, 0.25) is 0 Å². The molecule has 0 saturated carbocycles. The zero-order valence-corrected chi connectivity index (χ0v) is 16.2. The van der Waals surface area contributed by atoms with Crippen LogP contribution < -0.4 is 10.2 Å². The molecular formula is C22H29N3O2. The Morgan fingerprint density at radius 1 is 1.19 bits per heavy atom. The Hall–Kier alpha value is -2.37. The Kier molecular flexibility index (Phi) is 6.48. The number of nitrogens with zero attached hydrogens (tertiary/aromatic N) is 2. The number of carbonyl (C=O) groups is 1. The molecule has 5 nitrogen and oxygen atoms in total. The monoisotopic (exact) mass is 367 g/mol. The molecular weight excluding hydrogens is 338 g/mol. The number of hydrogen-bond donors (Lipinski definition) is 2. The van der Waals surface area contributed by atoms with Gasteiger partial charge < -0.3 is 15.3 Å². The molecule has 0 unspecified atom stereocenters. The summed E-state index contributed by atoms with van der Waals surface area (Å²) in [5.41, 5.74) is 4.00. The highest BCUT2D eigenvalue weighted by Crippen LogP contribution is 2.21. The topological polar surface area (TPSA) is 55.8 Å². The summed E-state index contributed by atoms with van der Waals surface area (Å²) in [6, 6.07) is 16.1. The van der Waals surface area contributed by atoms with Gasteiger partial charge in [0.1, 0.15) is 0 Å². The highest BCUT2D eigenvalue weighted by atomic mass is 16.3. The molecule has 1 aliphatic heterocycles. The smallest absolute Gasteiger partial charge is 0.251 e. The van der Waals surface area contributed by atoms with Crippen LogP contribution in [-0.4, -0.2) is 49.2 Å². The molecule has 5 heteroatoms. The second kappa shape index (κ2) is 9.02. The van der Waals surface area contributed by atoms with Crippen molar-refractivity contribution < 1.29 is 9.90 Å². The summed E-state index contributed by atoms with van der Waals surface area (Å²) in [6.45, 7) is 2.54. The molecule has 2 aromatic rings. The van der Waals surface area contributed by atoms with Gasteiger partial charge in [-0.3, -0.25) is 9.69 Å². The van der Waals surface area contributed by atoms with Gasteiger partial charge in [-0.1, -0.05) is 30.3 Å². The van der Waals surface area contributed by atoms with E-state index in [4.69, 9.17) is 0 Å². The zero-order valence-electron chi connectivity index (χ0n) is 16.2. The Labute approximate surface area is 161 Å². The minimum Gasteiger partial charge on any atom is -0.395 e. The second-order valence-corrected chi connectivity index (χ2v) is 7.35. The molecule has 0 spiro atoms. The highest BCUT2D eigenvalue weighted by molar-refractivity contribution is 5.95. The van der Waals surface area contributed by atoms with Crippen molar-refractivity contribution >= 4 is 11.6 Å². The molecule has 144 valence electrons. The third-order valence-electron chi connectivity index (χ3n) is 5.27. The van der Waals surface area contributed by atoms with Gasteiger partial charge in [0, 0.05) is 44.5 Å². The molecule has 0 aromatic heterocycles. The molecule has 0 radical (unpaired) electrons. The lowest BCUT2D eigenvalue weighted by Gasteiger charge is -2.24. The number of benzene rings is 2. The molecule has 3 rings (SSSR count). The van der Waals surface area contributed by atoms with Gasteiger partial charge in [-0.25, -0.2) is 0 Å². The molecule has 0 bridgehead atoms. The van der Waals surface area contributed by atoms with E-state index in [0.29, 0.717) is 12.1 Å². The van der Waals surface area contributed by atoms with Crippen LogP contribution in [0.4, 0.5) is 5.69 Å². The van der Waals surface area contributed by atoms with E-state index in [9.17, 15) is 9.90 Å². The van der Waals surface area contributed by atoms with Crippen molar-refractivity contribution in [2.45, 2.75) is 32.0 Å². The number of aliphatic hydroxyl groups is 1. The zero-order chi connectivity index (χ0) is 19.2. The van der Waals surface area contributed by atoms with E-state index in [1.165, 1.54) is 5.56 Å². The molecule has 1 atom stereocenters. The van der Waals surface area contributed by atoms with Crippen LogP contribution in [0.3, 0.4) is 0 Å². The number of carbonyl (C=O) groups excluding carboxylic acids is 1. The van der Waals surface area contributed by atoms with Crippen LogP contribution >= 0.6 is 0 Å².